The van der Waals surface area contributed by atoms with Crippen LogP contribution in [-0.2, 0) is 13.1 Å². The fourth-order valence-corrected chi connectivity index (χ4v) is 2.41. The second kappa shape index (κ2) is 8.05. The van der Waals surface area contributed by atoms with Gasteiger partial charge in [0.2, 0.25) is 0 Å². The monoisotopic (exact) mass is 354 g/mol. The van der Waals surface area contributed by atoms with Crippen LogP contribution in [0.1, 0.15) is 18.2 Å². The Kier molecular flexibility index (Phi) is 6.08. The fraction of sp³-hybridized carbons (Fsp3) is 0.375. The molecule has 1 aromatic heterocycles. The Bertz CT molecular complexity index is 705. The predicted octanol–water partition coefficient (Wildman–Crippen LogP) is 3.64. The zero-order valence-corrected chi connectivity index (χ0v) is 14.6. The van der Waals surface area contributed by atoms with E-state index in [2.05, 4.69) is 15.2 Å². The first-order valence-corrected chi connectivity index (χ1v) is 7.89. The smallest absolute Gasteiger partial charge is 0.387 e. The lowest BCUT2D eigenvalue weighted by Crippen LogP contribution is -2.31. The van der Waals surface area contributed by atoms with Crippen molar-refractivity contribution in [3.8, 4) is 5.75 Å². The van der Waals surface area contributed by atoms with Crippen molar-refractivity contribution < 1.29 is 13.5 Å². The molecular formula is C16H20F2N4OS. The first kappa shape index (κ1) is 18.1. The lowest BCUT2D eigenvalue weighted by Gasteiger charge is -2.22. The number of alkyl halides is 2. The molecule has 0 aliphatic carbocycles. The molecule has 24 heavy (non-hydrogen) atoms. The molecular weight excluding hydrogens is 334 g/mol. The average Bonchev–Trinajstić information content (AvgIpc) is 2.96. The van der Waals surface area contributed by atoms with E-state index < -0.39 is 6.61 Å². The van der Waals surface area contributed by atoms with Gasteiger partial charge in [0.25, 0.3) is 0 Å². The molecule has 0 unspecified atom stereocenters. The molecule has 0 radical (unpaired) electrons. The summed E-state index contributed by atoms with van der Waals surface area (Å²) in [5.41, 5.74) is 2.24. The number of benzene rings is 1. The molecule has 1 N–H and O–H groups in total. The zero-order valence-electron chi connectivity index (χ0n) is 13.8. The Balaban J connectivity index is 2.08. The van der Waals surface area contributed by atoms with Gasteiger partial charge in [-0.05, 0) is 49.8 Å². The number of hydrogen-bond donors (Lipinski definition) is 1. The van der Waals surface area contributed by atoms with Crippen LogP contribution in [0.25, 0.3) is 0 Å². The molecule has 2 rings (SSSR count). The van der Waals surface area contributed by atoms with E-state index in [0.29, 0.717) is 17.3 Å². The third-order valence-electron chi connectivity index (χ3n) is 3.44. The third-order valence-corrected chi connectivity index (χ3v) is 3.86. The number of ether oxygens (including phenoxy) is 1. The van der Waals surface area contributed by atoms with Crippen LogP contribution in [0.15, 0.2) is 30.5 Å². The SMILES string of the molecule is CCn1nccc1CN(C)C(=S)Nc1ccc(C)cc1OC(F)F. The molecule has 0 aliphatic rings. The van der Waals surface area contributed by atoms with Gasteiger partial charge in [0.05, 0.1) is 17.9 Å². The fourth-order valence-electron chi connectivity index (χ4n) is 2.23. The maximum atomic E-state index is 12.6. The van der Waals surface area contributed by atoms with Crippen molar-refractivity contribution in [2.24, 2.45) is 0 Å². The molecule has 2 aromatic rings. The van der Waals surface area contributed by atoms with E-state index in [0.717, 1.165) is 17.8 Å². The molecule has 0 atom stereocenters. The lowest BCUT2D eigenvalue weighted by atomic mass is 10.2. The van der Waals surface area contributed by atoms with Gasteiger partial charge in [0, 0.05) is 19.8 Å². The van der Waals surface area contributed by atoms with E-state index in [9.17, 15) is 8.78 Å². The molecule has 1 aromatic carbocycles. The van der Waals surface area contributed by atoms with Crippen molar-refractivity contribution in [2.45, 2.75) is 33.5 Å². The number of halogens is 2. The van der Waals surface area contributed by atoms with Gasteiger partial charge in [-0.1, -0.05) is 6.07 Å². The summed E-state index contributed by atoms with van der Waals surface area (Å²) in [6, 6.07) is 6.93. The van der Waals surface area contributed by atoms with Crippen LogP contribution in [0.5, 0.6) is 5.75 Å². The van der Waals surface area contributed by atoms with Gasteiger partial charge in [-0.2, -0.15) is 13.9 Å². The van der Waals surface area contributed by atoms with E-state index in [1.807, 2.05) is 29.6 Å². The van der Waals surface area contributed by atoms with Crippen LogP contribution in [0, 0.1) is 6.92 Å². The second-order valence-electron chi connectivity index (χ2n) is 5.30. The molecule has 0 amide bonds. The summed E-state index contributed by atoms with van der Waals surface area (Å²) in [6.45, 7) is 2.24. The van der Waals surface area contributed by atoms with E-state index >= 15 is 0 Å². The van der Waals surface area contributed by atoms with E-state index in [-0.39, 0.29) is 5.75 Å². The molecule has 0 spiro atoms. The molecule has 0 saturated carbocycles. The number of thiocarbonyl (C=S) groups is 1. The normalized spacial score (nSPS) is 10.8. The summed E-state index contributed by atoms with van der Waals surface area (Å²) in [4.78, 5) is 1.81. The van der Waals surface area contributed by atoms with Gasteiger partial charge in [-0.25, -0.2) is 0 Å². The quantitative estimate of drug-likeness (QED) is 0.802. The molecule has 0 aliphatic heterocycles. The summed E-state index contributed by atoms with van der Waals surface area (Å²) in [7, 11) is 1.82. The number of aryl methyl sites for hydroxylation is 2. The van der Waals surface area contributed by atoms with Gasteiger partial charge in [-0.3, -0.25) is 4.68 Å². The number of nitrogens with zero attached hydrogens (tertiary/aromatic N) is 3. The van der Waals surface area contributed by atoms with Crippen molar-refractivity contribution in [1.29, 1.82) is 0 Å². The number of anilines is 1. The van der Waals surface area contributed by atoms with Gasteiger partial charge < -0.3 is 15.0 Å². The molecule has 0 saturated heterocycles. The summed E-state index contributed by atoms with van der Waals surface area (Å²) in [5, 5.41) is 7.58. The summed E-state index contributed by atoms with van der Waals surface area (Å²) in [6.07, 6.45) is 1.73. The summed E-state index contributed by atoms with van der Waals surface area (Å²) in [5.74, 6) is 0.0688. The van der Waals surface area contributed by atoms with Crippen molar-refractivity contribution in [3.63, 3.8) is 0 Å². The van der Waals surface area contributed by atoms with Gasteiger partial charge >= 0.3 is 6.61 Å². The lowest BCUT2D eigenvalue weighted by molar-refractivity contribution is -0.0493. The maximum Gasteiger partial charge on any atom is 0.387 e. The minimum absolute atomic E-state index is 0.0688. The first-order valence-electron chi connectivity index (χ1n) is 7.49. The van der Waals surface area contributed by atoms with Gasteiger partial charge in [0.15, 0.2) is 5.11 Å². The molecule has 8 heteroatoms. The Morgan fingerprint density at radius 1 is 1.42 bits per heavy atom. The highest BCUT2D eigenvalue weighted by Gasteiger charge is 2.14. The molecule has 1 heterocycles. The number of rotatable bonds is 6. The van der Waals surface area contributed by atoms with E-state index in [1.165, 1.54) is 0 Å². The van der Waals surface area contributed by atoms with Crippen molar-refractivity contribution in [3.05, 3.63) is 41.7 Å². The average molecular weight is 354 g/mol. The molecule has 5 nitrogen and oxygen atoms in total. The van der Waals surface area contributed by atoms with Crippen LogP contribution in [0.2, 0.25) is 0 Å². The topological polar surface area (TPSA) is 42.3 Å². The molecule has 130 valence electrons. The van der Waals surface area contributed by atoms with Gasteiger partial charge in [-0.15, -0.1) is 0 Å². The second-order valence-corrected chi connectivity index (χ2v) is 5.69. The Labute approximate surface area is 145 Å². The predicted molar refractivity (Wildman–Crippen MR) is 93.4 cm³/mol. The van der Waals surface area contributed by atoms with Crippen LogP contribution in [-0.4, -0.2) is 33.5 Å². The first-order chi connectivity index (χ1) is 11.4. The largest absolute Gasteiger partial charge is 0.433 e. The number of aromatic nitrogens is 2. The van der Waals surface area contributed by atoms with Crippen molar-refractivity contribution in [1.82, 2.24) is 14.7 Å². The highest BCUT2D eigenvalue weighted by atomic mass is 32.1. The highest BCUT2D eigenvalue weighted by molar-refractivity contribution is 7.80. The zero-order chi connectivity index (χ0) is 17.7. The Hall–Kier alpha value is -2.22. The maximum absolute atomic E-state index is 12.6. The van der Waals surface area contributed by atoms with Crippen molar-refractivity contribution >= 4 is 23.0 Å². The van der Waals surface area contributed by atoms with Crippen LogP contribution in [0.3, 0.4) is 0 Å². The van der Waals surface area contributed by atoms with Crippen molar-refractivity contribution in [2.75, 3.05) is 12.4 Å². The molecule has 0 bridgehead atoms. The van der Waals surface area contributed by atoms with Crippen LogP contribution >= 0.6 is 12.2 Å². The Morgan fingerprint density at radius 2 is 2.17 bits per heavy atom. The minimum Gasteiger partial charge on any atom is -0.433 e. The number of nitrogens with one attached hydrogen (secondary N) is 1. The van der Waals surface area contributed by atoms with Crippen LogP contribution in [0.4, 0.5) is 14.5 Å². The summed E-state index contributed by atoms with van der Waals surface area (Å²) >= 11 is 5.36. The standard InChI is InChI=1S/C16H20F2N4OS/c1-4-22-12(7-8-19-22)10-21(3)16(24)20-13-6-5-11(2)9-14(13)23-15(17)18/h5-9,15H,4,10H2,1-3H3,(H,20,24). The van der Waals surface area contributed by atoms with Gasteiger partial charge in [0.1, 0.15) is 5.75 Å². The number of hydrogen-bond acceptors (Lipinski definition) is 3. The highest BCUT2D eigenvalue weighted by Crippen LogP contribution is 2.27. The third kappa shape index (κ3) is 4.64. The Morgan fingerprint density at radius 3 is 2.83 bits per heavy atom. The summed E-state index contributed by atoms with van der Waals surface area (Å²) < 4.78 is 31.6. The minimum atomic E-state index is -2.89. The van der Waals surface area contributed by atoms with E-state index in [4.69, 9.17) is 12.2 Å². The van der Waals surface area contributed by atoms with E-state index in [1.54, 1.807) is 31.3 Å². The molecule has 0 fully saturated rings. The van der Waals surface area contributed by atoms with Crippen LogP contribution < -0.4 is 10.1 Å².